The van der Waals surface area contributed by atoms with E-state index in [4.69, 9.17) is 0 Å². The van der Waals surface area contributed by atoms with Crippen LogP contribution in [0.5, 0.6) is 0 Å². The lowest BCUT2D eigenvalue weighted by Crippen LogP contribution is -2.02. The molecule has 0 aliphatic heterocycles. The quantitative estimate of drug-likeness (QED) is 0.794. The molecule has 2 aromatic carbocycles. The normalized spacial score (nSPS) is 10.6. The van der Waals surface area contributed by atoms with Gasteiger partial charge in [0, 0.05) is 11.0 Å². The van der Waals surface area contributed by atoms with Crippen molar-refractivity contribution in [1.82, 2.24) is 9.97 Å². The molecule has 0 radical (unpaired) electrons. The lowest BCUT2D eigenvalue weighted by molar-refractivity contribution is 1.10. The number of rotatable bonds is 3. The summed E-state index contributed by atoms with van der Waals surface area (Å²) >= 11 is 3.53. The van der Waals surface area contributed by atoms with Crippen LogP contribution in [0.2, 0.25) is 0 Å². The summed E-state index contributed by atoms with van der Waals surface area (Å²) in [5.74, 6) is 0.787. The second-order valence-corrected chi connectivity index (χ2v) is 5.04. The maximum absolute atomic E-state index is 4.53. The van der Waals surface area contributed by atoms with E-state index in [-0.39, 0.29) is 0 Å². The molecule has 0 aliphatic rings. The summed E-state index contributed by atoms with van der Waals surface area (Å²) in [6.45, 7) is 0.717. The predicted octanol–water partition coefficient (Wildman–Crippen LogP) is 4.00. The Morgan fingerprint density at radius 3 is 2.53 bits per heavy atom. The molecular weight excluding hydrogens is 302 g/mol. The summed E-state index contributed by atoms with van der Waals surface area (Å²) in [5, 5.41) is 3.29. The smallest absolute Gasteiger partial charge is 0.145 e. The molecule has 0 bridgehead atoms. The molecule has 1 aromatic heterocycles. The van der Waals surface area contributed by atoms with Crippen LogP contribution in [0.1, 0.15) is 5.56 Å². The van der Waals surface area contributed by atoms with Gasteiger partial charge in [-0.25, -0.2) is 4.98 Å². The van der Waals surface area contributed by atoms with Gasteiger partial charge in [0.25, 0.3) is 0 Å². The van der Waals surface area contributed by atoms with Crippen LogP contribution in [0.3, 0.4) is 0 Å². The van der Waals surface area contributed by atoms with Crippen molar-refractivity contribution < 1.29 is 0 Å². The van der Waals surface area contributed by atoms with E-state index in [1.165, 1.54) is 5.56 Å². The SMILES string of the molecule is Brc1ccccc1CNc1cnc2ccccc2n1. The van der Waals surface area contributed by atoms with Crippen molar-refractivity contribution in [3.05, 3.63) is 64.8 Å². The van der Waals surface area contributed by atoms with E-state index in [0.29, 0.717) is 6.54 Å². The van der Waals surface area contributed by atoms with Gasteiger partial charge in [0.1, 0.15) is 5.82 Å². The summed E-state index contributed by atoms with van der Waals surface area (Å²) in [5.41, 5.74) is 3.01. The summed E-state index contributed by atoms with van der Waals surface area (Å²) in [7, 11) is 0. The van der Waals surface area contributed by atoms with Crippen molar-refractivity contribution in [2.24, 2.45) is 0 Å². The van der Waals surface area contributed by atoms with Crippen molar-refractivity contribution in [1.29, 1.82) is 0 Å². The van der Waals surface area contributed by atoms with Crippen LogP contribution in [-0.2, 0) is 6.54 Å². The average molecular weight is 314 g/mol. The van der Waals surface area contributed by atoms with Crippen molar-refractivity contribution >= 4 is 32.8 Å². The third kappa shape index (κ3) is 2.74. The van der Waals surface area contributed by atoms with E-state index in [1.807, 2.05) is 42.5 Å². The minimum Gasteiger partial charge on any atom is -0.365 e. The van der Waals surface area contributed by atoms with E-state index in [9.17, 15) is 0 Å². The van der Waals surface area contributed by atoms with Crippen molar-refractivity contribution in [3.63, 3.8) is 0 Å². The van der Waals surface area contributed by atoms with E-state index >= 15 is 0 Å². The van der Waals surface area contributed by atoms with Crippen molar-refractivity contribution in [3.8, 4) is 0 Å². The first-order chi connectivity index (χ1) is 9.33. The second kappa shape index (κ2) is 5.36. The Kier molecular flexibility index (Phi) is 3.42. The molecule has 19 heavy (non-hydrogen) atoms. The van der Waals surface area contributed by atoms with Gasteiger partial charge in [-0.2, -0.15) is 0 Å². The number of para-hydroxylation sites is 2. The van der Waals surface area contributed by atoms with Crippen LogP contribution in [0.25, 0.3) is 11.0 Å². The Labute approximate surface area is 119 Å². The molecule has 0 spiro atoms. The molecule has 3 aromatic rings. The number of benzene rings is 2. The molecule has 3 nitrogen and oxygen atoms in total. The first kappa shape index (κ1) is 12.1. The minimum absolute atomic E-state index is 0.717. The number of aromatic nitrogens is 2. The maximum atomic E-state index is 4.53. The third-order valence-electron chi connectivity index (χ3n) is 2.87. The van der Waals surface area contributed by atoms with Gasteiger partial charge in [0.15, 0.2) is 0 Å². The highest BCUT2D eigenvalue weighted by Crippen LogP contribution is 2.17. The molecular formula is C15H12BrN3. The van der Waals surface area contributed by atoms with E-state index in [1.54, 1.807) is 6.20 Å². The van der Waals surface area contributed by atoms with Crippen molar-refractivity contribution in [2.75, 3.05) is 5.32 Å². The fourth-order valence-corrected chi connectivity index (χ4v) is 2.29. The summed E-state index contributed by atoms with van der Waals surface area (Å²) < 4.78 is 1.09. The molecule has 0 unspecified atom stereocenters. The lowest BCUT2D eigenvalue weighted by Gasteiger charge is -2.07. The highest BCUT2D eigenvalue weighted by atomic mass is 79.9. The number of nitrogens with one attached hydrogen (secondary N) is 1. The van der Waals surface area contributed by atoms with Gasteiger partial charge in [-0.15, -0.1) is 0 Å². The number of fused-ring (bicyclic) bond motifs is 1. The fourth-order valence-electron chi connectivity index (χ4n) is 1.87. The summed E-state index contributed by atoms with van der Waals surface area (Å²) in [6, 6.07) is 16.0. The molecule has 3 rings (SSSR count). The zero-order chi connectivity index (χ0) is 13.1. The largest absolute Gasteiger partial charge is 0.365 e. The van der Waals surface area contributed by atoms with Crippen LogP contribution < -0.4 is 5.32 Å². The fraction of sp³-hybridized carbons (Fsp3) is 0.0667. The monoisotopic (exact) mass is 313 g/mol. The zero-order valence-electron chi connectivity index (χ0n) is 10.2. The molecule has 0 atom stereocenters. The van der Waals surface area contributed by atoms with Crippen molar-refractivity contribution in [2.45, 2.75) is 6.54 Å². The highest BCUT2D eigenvalue weighted by molar-refractivity contribution is 9.10. The topological polar surface area (TPSA) is 37.8 Å². The number of nitrogens with zero attached hydrogens (tertiary/aromatic N) is 2. The molecule has 4 heteroatoms. The van der Waals surface area contributed by atoms with Gasteiger partial charge >= 0.3 is 0 Å². The third-order valence-corrected chi connectivity index (χ3v) is 3.64. The van der Waals surface area contributed by atoms with E-state index in [0.717, 1.165) is 21.3 Å². The first-order valence-electron chi connectivity index (χ1n) is 6.02. The van der Waals surface area contributed by atoms with Gasteiger partial charge in [-0.1, -0.05) is 46.3 Å². The van der Waals surface area contributed by atoms with E-state index in [2.05, 4.69) is 37.3 Å². The predicted molar refractivity (Wildman–Crippen MR) is 81.0 cm³/mol. The van der Waals surface area contributed by atoms with E-state index < -0.39 is 0 Å². The Bertz CT molecular complexity index is 712. The Morgan fingerprint density at radius 1 is 0.947 bits per heavy atom. The number of anilines is 1. The van der Waals surface area contributed by atoms with Crippen LogP contribution in [0, 0.1) is 0 Å². The van der Waals surface area contributed by atoms with Gasteiger partial charge < -0.3 is 5.32 Å². The Hall–Kier alpha value is -1.94. The molecule has 0 fully saturated rings. The van der Waals surface area contributed by atoms with Gasteiger partial charge in [-0.3, -0.25) is 4.98 Å². The molecule has 0 saturated carbocycles. The Balaban J connectivity index is 1.80. The molecule has 0 saturated heterocycles. The van der Waals surface area contributed by atoms with Crippen LogP contribution in [0.15, 0.2) is 59.2 Å². The van der Waals surface area contributed by atoms with Gasteiger partial charge in [-0.05, 0) is 23.8 Å². The zero-order valence-corrected chi connectivity index (χ0v) is 11.8. The highest BCUT2D eigenvalue weighted by Gasteiger charge is 2.01. The average Bonchev–Trinajstić information content (AvgIpc) is 2.46. The number of halogens is 1. The number of hydrogen-bond acceptors (Lipinski definition) is 3. The molecule has 1 N–H and O–H groups in total. The summed E-state index contributed by atoms with van der Waals surface area (Å²) in [4.78, 5) is 8.91. The Morgan fingerprint density at radius 2 is 1.68 bits per heavy atom. The first-order valence-corrected chi connectivity index (χ1v) is 6.81. The van der Waals surface area contributed by atoms with Crippen LogP contribution in [-0.4, -0.2) is 9.97 Å². The molecule has 94 valence electrons. The van der Waals surface area contributed by atoms with Gasteiger partial charge in [0.2, 0.25) is 0 Å². The van der Waals surface area contributed by atoms with Crippen LogP contribution >= 0.6 is 15.9 Å². The molecule has 0 aliphatic carbocycles. The molecule has 0 amide bonds. The standard InChI is InChI=1S/C15H12BrN3/c16-12-6-2-1-5-11(12)9-18-15-10-17-13-7-3-4-8-14(13)19-15/h1-8,10H,9H2,(H,18,19). The molecule has 1 heterocycles. The lowest BCUT2D eigenvalue weighted by atomic mass is 10.2. The van der Waals surface area contributed by atoms with Crippen LogP contribution in [0.4, 0.5) is 5.82 Å². The minimum atomic E-state index is 0.717. The maximum Gasteiger partial charge on any atom is 0.145 e. The van der Waals surface area contributed by atoms with Gasteiger partial charge in [0.05, 0.1) is 17.2 Å². The summed E-state index contributed by atoms with van der Waals surface area (Å²) in [6.07, 6.45) is 1.76. The number of hydrogen-bond donors (Lipinski definition) is 1. The second-order valence-electron chi connectivity index (χ2n) is 4.19.